The number of aromatic nitrogens is 3. The molecule has 2 aromatic heterocycles. The summed E-state index contributed by atoms with van der Waals surface area (Å²) in [4.78, 5) is 34.0. The third-order valence-corrected chi connectivity index (χ3v) is 4.67. The lowest BCUT2D eigenvalue weighted by molar-refractivity contribution is -0.118. The molecule has 0 fully saturated rings. The van der Waals surface area contributed by atoms with Gasteiger partial charge < -0.3 is 10.6 Å². The van der Waals surface area contributed by atoms with Crippen molar-refractivity contribution in [3.63, 3.8) is 0 Å². The molecule has 0 atom stereocenters. The van der Waals surface area contributed by atoms with Gasteiger partial charge in [-0.1, -0.05) is 11.8 Å². The van der Waals surface area contributed by atoms with Gasteiger partial charge in [0.15, 0.2) is 4.34 Å². The lowest BCUT2D eigenvalue weighted by atomic mass is 10.4. The Balaban J connectivity index is 1.65. The Kier molecular flexibility index (Phi) is 5.96. The van der Waals surface area contributed by atoms with Crippen LogP contribution >= 0.6 is 23.1 Å². The fourth-order valence-corrected chi connectivity index (χ4v) is 3.30. The van der Waals surface area contributed by atoms with Crippen LogP contribution in [0.2, 0.25) is 0 Å². The lowest BCUT2D eigenvalue weighted by Crippen LogP contribution is -2.30. The molecular weight excluding hydrogens is 322 g/mol. The van der Waals surface area contributed by atoms with E-state index >= 15 is 0 Å². The maximum atomic E-state index is 11.7. The normalized spacial score (nSPS) is 10.5. The first kappa shape index (κ1) is 16.5. The molecule has 3 N–H and O–H groups in total. The topological polar surface area (TPSA) is 99.8 Å². The first-order valence-corrected chi connectivity index (χ1v) is 8.53. The van der Waals surface area contributed by atoms with Crippen LogP contribution in [-0.2, 0) is 4.79 Å². The summed E-state index contributed by atoms with van der Waals surface area (Å²) in [5.41, 5.74) is 1.41. The molecule has 22 heavy (non-hydrogen) atoms. The number of thioether (sulfide) groups is 1. The second kappa shape index (κ2) is 7.95. The number of carbonyl (C=O) groups is 1. The molecule has 0 unspecified atom stereocenters. The second-order valence-electron chi connectivity index (χ2n) is 4.56. The summed E-state index contributed by atoms with van der Waals surface area (Å²) >= 11 is 2.96. The van der Waals surface area contributed by atoms with Gasteiger partial charge >= 0.3 is 0 Å². The zero-order chi connectivity index (χ0) is 15.9. The molecular formula is C13H17N5O2S2. The zero-order valence-corrected chi connectivity index (χ0v) is 13.9. The molecule has 0 spiro atoms. The Bertz CT molecular complexity index is 698. The van der Waals surface area contributed by atoms with Crippen molar-refractivity contribution in [1.29, 1.82) is 0 Å². The van der Waals surface area contributed by atoms with Crippen LogP contribution < -0.4 is 16.2 Å². The number of hydrogen-bond acceptors (Lipinski definition) is 7. The molecule has 0 radical (unpaired) electrons. The Morgan fingerprint density at radius 2 is 2.14 bits per heavy atom. The molecule has 0 saturated carbocycles. The Morgan fingerprint density at radius 3 is 2.82 bits per heavy atom. The molecule has 0 bridgehead atoms. The van der Waals surface area contributed by atoms with Gasteiger partial charge in [0.05, 0.1) is 5.75 Å². The highest BCUT2D eigenvalue weighted by Gasteiger charge is 2.05. The minimum atomic E-state index is -0.200. The van der Waals surface area contributed by atoms with Gasteiger partial charge in [-0.15, -0.1) is 11.3 Å². The molecule has 9 heteroatoms. The predicted octanol–water partition coefficient (Wildman–Crippen LogP) is 1.16. The molecule has 1 amide bonds. The fourth-order valence-electron chi connectivity index (χ4n) is 1.62. The van der Waals surface area contributed by atoms with Gasteiger partial charge in [0.1, 0.15) is 0 Å². The summed E-state index contributed by atoms with van der Waals surface area (Å²) in [6, 6.07) is 1.42. The van der Waals surface area contributed by atoms with Gasteiger partial charge in [0, 0.05) is 35.9 Å². The van der Waals surface area contributed by atoms with E-state index in [1.807, 2.05) is 12.3 Å². The summed E-state index contributed by atoms with van der Waals surface area (Å²) in [6.07, 6.45) is 0. The van der Waals surface area contributed by atoms with Gasteiger partial charge in [-0.2, -0.15) is 0 Å². The fraction of sp³-hybridized carbons (Fsp3) is 0.385. The standard InChI is InChI=1S/C13H17N5O2S2/c1-8-5-10(19)18-12(16-8)15-4-3-14-11(20)7-22-13-17-9(2)6-21-13/h5-6H,3-4,7H2,1-2H3,(H,14,20)(H2,15,16,18,19). The third-order valence-electron chi connectivity index (χ3n) is 2.53. The zero-order valence-electron chi connectivity index (χ0n) is 12.3. The van der Waals surface area contributed by atoms with E-state index in [1.165, 1.54) is 29.2 Å². The average molecular weight is 339 g/mol. The van der Waals surface area contributed by atoms with Crippen LogP contribution in [-0.4, -0.2) is 39.7 Å². The minimum absolute atomic E-state index is 0.0506. The summed E-state index contributed by atoms with van der Waals surface area (Å²) in [7, 11) is 0. The van der Waals surface area contributed by atoms with Crippen molar-refractivity contribution in [3.05, 3.63) is 33.2 Å². The van der Waals surface area contributed by atoms with Crippen LogP contribution in [0.25, 0.3) is 0 Å². The van der Waals surface area contributed by atoms with E-state index in [0.717, 1.165) is 10.0 Å². The smallest absolute Gasteiger partial charge is 0.252 e. The van der Waals surface area contributed by atoms with E-state index in [9.17, 15) is 9.59 Å². The number of aromatic amines is 1. The van der Waals surface area contributed by atoms with Gasteiger partial charge in [0.25, 0.3) is 5.56 Å². The van der Waals surface area contributed by atoms with Gasteiger partial charge in [-0.3, -0.25) is 14.6 Å². The highest BCUT2D eigenvalue weighted by molar-refractivity contribution is 8.01. The van der Waals surface area contributed by atoms with Crippen LogP contribution in [0.5, 0.6) is 0 Å². The van der Waals surface area contributed by atoms with Crippen LogP contribution in [0, 0.1) is 13.8 Å². The number of nitrogens with zero attached hydrogens (tertiary/aromatic N) is 2. The monoisotopic (exact) mass is 339 g/mol. The summed E-state index contributed by atoms with van der Waals surface area (Å²) < 4.78 is 0.896. The number of anilines is 1. The Hall–Kier alpha value is -1.87. The van der Waals surface area contributed by atoms with Crippen molar-refractivity contribution in [2.75, 3.05) is 24.2 Å². The van der Waals surface area contributed by atoms with E-state index in [4.69, 9.17) is 0 Å². The first-order chi connectivity index (χ1) is 10.5. The number of thiazole rings is 1. The third kappa shape index (κ3) is 5.49. The molecule has 7 nitrogen and oxygen atoms in total. The molecule has 0 saturated heterocycles. The molecule has 2 aromatic rings. The highest BCUT2D eigenvalue weighted by Crippen LogP contribution is 2.21. The van der Waals surface area contributed by atoms with Gasteiger partial charge in [-0.25, -0.2) is 9.97 Å². The number of amides is 1. The summed E-state index contributed by atoms with van der Waals surface area (Å²) in [6.45, 7) is 4.61. The molecule has 0 aliphatic heterocycles. The average Bonchev–Trinajstić information content (AvgIpc) is 2.86. The van der Waals surface area contributed by atoms with Crippen molar-refractivity contribution in [3.8, 4) is 0 Å². The van der Waals surface area contributed by atoms with Crippen LogP contribution in [0.4, 0.5) is 5.95 Å². The maximum absolute atomic E-state index is 11.7. The van der Waals surface area contributed by atoms with Crippen molar-refractivity contribution in [2.24, 2.45) is 0 Å². The number of H-pyrrole nitrogens is 1. The van der Waals surface area contributed by atoms with Crippen molar-refractivity contribution in [1.82, 2.24) is 20.3 Å². The largest absolute Gasteiger partial charge is 0.354 e. The molecule has 2 heterocycles. The maximum Gasteiger partial charge on any atom is 0.252 e. The Labute approximate surface area is 136 Å². The van der Waals surface area contributed by atoms with E-state index in [0.29, 0.717) is 30.5 Å². The van der Waals surface area contributed by atoms with Gasteiger partial charge in [-0.05, 0) is 13.8 Å². The van der Waals surface area contributed by atoms with Crippen molar-refractivity contribution in [2.45, 2.75) is 18.2 Å². The van der Waals surface area contributed by atoms with E-state index in [2.05, 4.69) is 25.6 Å². The first-order valence-electron chi connectivity index (χ1n) is 6.66. The number of rotatable bonds is 7. The minimum Gasteiger partial charge on any atom is -0.354 e. The quantitative estimate of drug-likeness (QED) is 0.517. The summed E-state index contributed by atoms with van der Waals surface area (Å²) in [5.74, 6) is 0.698. The lowest BCUT2D eigenvalue weighted by Gasteiger charge is -2.07. The van der Waals surface area contributed by atoms with Crippen molar-refractivity contribution < 1.29 is 4.79 Å². The van der Waals surface area contributed by atoms with E-state index in [1.54, 1.807) is 6.92 Å². The highest BCUT2D eigenvalue weighted by atomic mass is 32.2. The SMILES string of the molecule is Cc1cc(=O)[nH]c(NCCNC(=O)CSc2nc(C)cs2)n1. The van der Waals surface area contributed by atoms with Gasteiger partial charge in [0.2, 0.25) is 11.9 Å². The molecule has 0 aromatic carbocycles. The molecule has 118 valence electrons. The number of hydrogen-bond donors (Lipinski definition) is 3. The molecule has 2 rings (SSSR count). The number of aryl methyl sites for hydroxylation is 2. The predicted molar refractivity (Wildman–Crippen MR) is 88.7 cm³/mol. The van der Waals surface area contributed by atoms with E-state index < -0.39 is 0 Å². The summed E-state index contributed by atoms with van der Waals surface area (Å²) in [5, 5.41) is 7.71. The van der Waals surface area contributed by atoms with Crippen LogP contribution in [0.3, 0.4) is 0 Å². The van der Waals surface area contributed by atoms with Crippen molar-refractivity contribution >= 4 is 35.0 Å². The number of carbonyl (C=O) groups excluding carboxylic acids is 1. The van der Waals surface area contributed by atoms with Crippen LogP contribution in [0.15, 0.2) is 20.6 Å². The molecule has 0 aliphatic rings. The molecule has 0 aliphatic carbocycles. The second-order valence-corrected chi connectivity index (χ2v) is 6.64. The van der Waals surface area contributed by atoms with E-state index in [-0.39, 0.29) is 11.5 Å². The number of nitrogens with one attached hydrogen (secondary N) is 3. The Morgan fingerprint density at radius 1 is 1.32 bits per heavy atom. The van der Waals surface area contributed by atoms with Crippen LogP contribution in [0.1, 0.15) is 11.4 Å².